The highest BCUT2D eigenvalue weighted by atomic mass is 32.2. The van der Waals surface area contributed by atoms with E-state index in [4.69, 9.17) is 4.74 Å². The molecule has 9 heteroatoms. The van der Waals surface area contributed by atoms with E-state index >= 15 is 0 Å². The van der Waals surface area contributed by atoms with Crippen molar-refractivity contribution in [3.8, 4) is 5.75 Å². The van der Waals surface area contributed by atoms with Gasteiger partial charge < -0.3 is 4.74 Å². The molecule has 7 nitrogen and oxygen atoms in total. The van der Waals surface area contributed by atoms with Gasteiger partial charge in [-0.1, -0.05) is 17.4 Å². The average molecular weight is 432 g/mol. The molecule has 0 spiro atoms. The van der Waals surface area contributed by atoms with E-state index in [2.05, 4.69) is 15.0 Å². The maximum absolute atomic E-state index is 12.6. The van der Waals surface area contributed by atoms with Gasteiger partial charge in [0.1, 0.15) is 5.75 Å². The number of aromatic nitrogens is 1. The van der Waals surface area contributed by atoms with Crippen LogP contribution in [0.15, 0.2) is 47.4 Å². The summed E-state index contributed by atoms with van der Waals surface area (Å²) in [7, 11) is -3.63. The van der Waals surface area contributed by atoms with E-state index in [1.807, 2.05) is 25.1 Å². The average Bonchev–Trinajstić information content (AvgIpc) is 3.46. The lowest BCUT2D eigenvalue weighted by molar-refractivity contribution is 0.102. The van der Waals surface area contributed by atoms with E-state index in [9.17, 15) is 13.2 Å². The van der Waals surface area contributed by atoms with Gasteiger partial charge in [-0.25, -0.2) is 18.1 Å². The van der Waals surface area contributed by atoms with E-state index in [-0.39, 0.29) is 10.5 Å². The highest BCUT2D eigenvalue weighted by Gasteiger charge is 2.24. The van der Waals surface area contributed by atoms with Gasteiger partial charge >= 0.3 is 0 Å². The van der Waals surface area contributed by atoms with Crippen LogP contribution in [0.3, 0.4) is 0 Å². The minimum atomic E-state index is -3.63. The van der Waals surface area contributed by atoms with Crippen LogP contribution in [0.2, 0.25) is 0 Å². The van der Waals surface area contributed by atoms with Gasteiger partial charge in [0.25, 0.3) is 5.91 Å². The molecule has 1 amide bonds. The summed E-state index contributed by atoms with van der Waals surface area (Å²) in [5.74, 6) is 0.769. The number of fused-ring (bicyclic) bond motifs is 1. The summed E-state index contributed by atoms with van der Waals surface area (Å²) in [6.45, 7) is 2.93. The predicted molar refractivity (Wildman–Crippen MR) is 113 cm³/mol. The summed E-state index contributed by atoms with van der Waals surface area (Å²) in [6.07, 6.45) is 2.11. The molecule has 1 aromatic heterocycles. The van der Waals surface area contributed by atoms with Gasteiger partial charge in [-0.3, -0.25) is 10.1 Å². The SMILES string of the molecule is CCOc1ccc2nc(NC(=O)c3cccc(S(=O)(=O)NCC4CC4)c3)sc2c1. The number of anilines is 1. The summed E-state index contributed by atoms with van der Waals surface area (Å²) in [6, 6.07) is 11.6. The highest BCUT2D eigenvalue weighted by molar-refractivity contribution is 7.89. The third kappa shape index (κ3) is 4.75. The Balaban J connectivity index is 1.50. The molecule has 2 N–H and O–H groups in total. The smallest absolute Gasteiger partial charge is 0.257 e. The van der Waals surface area contributed by atoms with E-state index in [0.29, 0.717) is 24.2 Å². The number of amides is 1. The normalized spacial score (nSPS) is 14.1. The van der Waals surface area contributed by atoms with Gasteiger partial charge in [0.05, 0.1) is 21.7 Å². The first-order chi connectivity index (χ1) is 13.9. The van der Waals surface area contributed by atoms with Gasteiger partial charge in [0.2, 0.25) is 10.0 Å². The summed E-state index contributed by atoms with van der Waals surface area (Å²) in [4.78, 5) is 17.1. The lowest BCUT2D eigenvalue weighted by Crippen LogP contribution is -2.26. The van der Waals surface area contributed by atoms with E-state index < -0.39 is 15.9 Å². The van der Waals surface area contributed by atoms with E-state index in [1.54, 1.807) is 12.1 Å². The van der Waals surface area contributed by atoms with Crippen molar-refractivity contribution in [2.24, 2.45) is 5.92 Å². The molecule has 1 heterocycles. The summed E-state index contributed by atoms with van der Waals surface area (Å²) in [5.41, 5.74) is 1.02. The fourth-order valence-corrected chi connectivity index (χ4v) is 4.87. The van der Waals surface area contributed by atoms with Crippen LogP contribution in [0.4, 0.5) is 5.13 Å². The maximum Gasteiger partial charge on any atom is 0.257 e. The Kier molecular flexibility index (Phi) is 5.53. The van der Waals surface area contributed by atoms with Crippen molar-refractivity contribution in [2.45, 2.75) is 24.7 Å². The van der Waals surface area contributed by atoms with Crippen molar-refractivity contribution in [3.63, 3.8) is 0 Å². The van der Waals surface area contributed by atoms with Crippen molar-refractivity contribution in [3.05, 3.63) is 48.0 Å². The number of carbonyl (C=O) groups excluding carboxylic acids is 1. The molecule has 1 fully saturated rings. The zero-order valence-corrected chi connectivity index (χ0v) is 17.5. The number of nitrogens with one attached hydrogen (secondary N) is 2. The Labute approximate surface area is 173 Å². The Morgan fingerprint density at radius 3 is 2.83 bits per heavy atom. The molecular weight excluding hydrogens is 410 g/mol. The molecule has 0 bridgehead atoms. The minimum Gasteiger partial charge on any atom is -0.494 e. The van der Waals surface area contributed by atoms with Gasteiger partial charge in [-0.05, 0) is 62.1 Å². The number of thiazole rings is 1. The molecule has 1 aliphatic carbocycles. The zero-order chi connectivity index (χ0) is 20.4. The number of sulfonamides is 1. The Hall–Kier alpha value is -2.49. The number of ether oxygens (including phenoxy) is 1. The number of rotatable bonds is 8. The van der Waals surface area contributed by atoms with Gasteiger partial charge in [0, 0.05) is 12.1 Å². The highest BCUT2D eigenvalue weighted by Crippen LogP contribution is 2.30. The molecule has 152 valence electrons. The Bertz CT molecular complexity index is 1150. The Morgan fingerprint density at radius 2 is 2.07 bits per heavy atom. The first-order valence-electron chi connectivity index (χ1n) is 9.39. The fraction of sp³-hybridized carbons (Fsp3) is 0.300. The molecule has 2 aromatic carbocycles. The molecule has 0 saturated heterocycles. The molecular formula is C20H21N3O4S2. The van der Waals surface area contributed by atoms with Crippen LogP contribution in [-0.4, -0.2) is 32.5 Å². The van der Waals surface area contributed by atoms with Crippen LogP contribution in [0.5, 0.6) is 5.75 Å². The number of hydrogen-bond donors (Lipinski definition) is 2. The fourth-order valence-electron chi connectivity index (χ4n) is 2.82. The molecule has 4 rings (SSSR count). The Morgan fingerprint density at radius 1 is 1.24 bits per heavy atom. The largest absolute Gasteiger partial charge is 0.494 e. The van der Waals surface area contributed by atoms with Gasteiger partial charge in [-0.15, -0.1) is 0 Å². The monoisotopic (exact) mass is 431 g/mol. The summed E-state index contributed by atoms with van der Waals surface area (Å²) >= 11 is 1.33. The van der Waals surface area contributed by atoms with Crippen LogP contribution in [0, 0.1) is 5.92 Å². The van der Waals surface area contributed by atoms with Crippen molar-refractivity contribution in [1.29, 1.82) is 0 Å². The second-order valence-corrected chi connectivity index (χ2v) is 9.66. The van der Waals surface area contributed by atoms with Crippen molar-refractivity contribution >= 4 is 42.6 Å². The summed E-state index contributed by atoms with van der Waals surface area (Å²) < 4.78 is 33.9. The second kappa shape index (κ2) is 8.10. The molecule has 1 aliphatic rings. The molecule has 29 heavy (non-hydrogen) atoms. The first kappa shape index (κ1) is 19.8. The van der Waals surface area contributed by atoms with Crippen LogP contribution in [0.1, 0.15) is 30.1 Å². The van der Waals surface area contributed by atoms with Crippen LogP contribution in [-0.2, 0) is 10.0 Å². The van der Waals surface area contributed by atoms with E-state index in [1.165, 1.54) is 23.5 Å². The van der Waals surface area contributed by atoms with Gasteiger partial charge in [0.15, 0.2) is 5.13 Å². The molecule has 1 saturated carbocycles. The predicted octanol–water partition coefficient (Wildman–Crippen LogP) is 3.64. The summed E-state index contributed by atoms with van der Waals surface area (Å²) in [5, 5.41) is 3.19. The third-order valence-electron chi connectivity index (χ3n) is 4.56. The molecule has 0 atom stereocenters. The quantitative estimate of drug-likeness (QED) is 0.568. The molecule has 0 aliphatic heterocycles. The first-order valence-corrected chi connectivity index (χ1v) is 11.7. The molecule has 0 unspecified atom stereocenters. The number of benzene rings is 2. The van der Waals surface area contributed by atoms with Gasteiger partial charge in [-0.2, -0.15) is 0 Å². The standard InChI is InChI=1S/C20H21N3O4S2/c1-2-27-15-8-9-17-18(11-15)28-20(22-17)23-19(24)14-4-3-5-16(10-14)29(25,26)21-12-13-6-7-13/h3-5,8-11,13,21H,2,6-7,12H2,1H3,(H,22,23,24). The topological polar surface area (TPSA) is 97.4 Å². The number of carbonyl (C=O) groups is 1. The van der Waals surface area contributed by atoms with Crippen molar-refractivity contribution in [2.75, 3.05) is 18.5 Å². The maximum atomic E-state index is 12.6. The number of nitrogens with zero attached hydrogens (tertiary/aromatic N) is 1. The van der Waals surface area contributed by atoms with Crippen LogP contribution < -0.4 is 14.8 Å². The lowest BCUT2D eigenvalue weighted by atomic mass is 10.2. The minimum absolute atomic E-state index is 0.0801. The lowest BCUT2D eigenvalue weighted by Gasteiger charge is -2.08. The zero-order valence-electron chi connectivity index (χ0n) is 15.8. The molecule has 3 aromatic rings. The third-order valence-corrected chi connectivity index (χ3v) is 6.91. The van der Waals surface area contributed by atoms with Crippen LogP contribution >= 0.6 is 11.3 Å². The van der Waals surface area contributed by atoms with E-state index in [0.717, 1.165) is 28.8 Å². The second-order valence-electron chi connectivity index (χ2n) is 6.86. The van der Waals surface area contributed by atoms with Crippen molar-refractivity contribution < 1.29 is 17.9 Å². The number of hydrogen-bond acceptors (Lipinski definition) is 6. The van der Waals surface area contributed by atoms with Crippen molar-refractivity contribution in [1.82, 2.24) is 9.71 Å². The molecule has 0 radical (unpaired) electrons. The van der Waals surface area contributed by atoms with Crippen LogP contribution in [0.25, 0.3) is 10.2 Å².